The van der Waals surface area contributed by atoms with Crippen LogP contribution in [0.3, 0.4) is 0 Å². The largest absolute Gasteiger partial charge is 0.483 e. The summed E-state index contributed by atoms with van der Waals surface area (Å²) in [5, 5.41) is 5.30. The van der Waals surface area contributed by atoms with E-state index in [1.54, 1.807) is 0 Å². The second kappa shape index (κ2) is 8.23. The number of thiazole rings is 1. The molecule has 3 aromatic rings. The smallest absolute Gasteiger partial charge is 0.264 e. The summed E-state index contributed by atoms with van der Waals surface area (Å²) in [6, 6.07) is 15.7. The van der Waals surface area contributed by atoms with Crippen LogP contribution in [-0.2, 0) is 10.2 Å². The van der Waals surface area contributed by atoms with Crippen molar-refractivity contribution in [2.45, 2.75) is 26.2 Å². The quantitative estimate of drug-likeness (QED) is 0.533. The van der Waals surface area contributed by atoms with Crippen molar-refractivity contribution in [2.24, 2.45) is 0 Å². The molecule has 0 fully saturated rings. The molecule has 0 radical (unpaired) electrons. The first-order valence-corrected chi connectivity index (χ1v) is 10.2. The summed E-state index contributed by atoms with van der Waals surface area (Å²) in [7, 11) is 0. The van der Waals surface area contributed by atoms with E-state index in [4.69, 9.17) is 4.74 Å². The lowest BCUT2D eigenvalue weighted by atomic mass is 9.86. The fourth-order valence-electron chi connectivity index (χ4n) is 2.59. The van der Waals surface area contributed by atoms with Gasteiger partial charge in [-0.1, -0.05) is 67.0 Å². The van der Waals surface area contributed by atoms with Crippen LogP contribution in [-0.4, -0.2) is 17.5 Å². The van der Waals surface area contributed by atoms with Crippen molar-refractivity contribution in [3.63, 3.8) is 0 Å². The highest BCUT2D eigenvalue weighted by Crippen LogP contribution is 2.33. The van der Waals surface area contributed by atoms with E-state index >= 15 is 0 Å². The Morgan fingerprint density at radius 2 is 1.93 bits per heavy atom. The molecule has 1 aromatic heterocycles. The van der Waals surface area contributed by atoms with Gasteiger partial charge in [-0.25, -0.2) is 4.98 Å². The van der Waals surface area contributed by atoms with E-state index in [-0.39, 0.29) is 17.9 Å². The summed E-state index contributed by atoms with van der Waals surface area (Å²) >= 11 is 4.89. The second-order valence-electron chi connectivity index (χ2n) is 7.13. The third kappa shape index (κ3) is 5.17. The van der Waals surface area contributed by atoms with Crippen molar-refractivity contribution in [1.29, 1.82) is 0 Å². The van der Waals surface area contributed by atoms with Crippen LogP contribution in [0, 0.1) is 0 Å². The number of carbonyl (C=O) groups excluding carboxylic acids is 1. The molecule has 0 aliphatic carbocycles. The van der Waals surface area contributed by atoms with Crippen molar-refractivity contribution >= 4 is 38.3 Å². The molecule has 4 nitrogen and oxygen atoms in total. The fourth-order valence-corrected chi connectivity index (χ4v) is 3.68. The molecule has 0 saturated carbocycles. The molecule has 1 amide bonds. The van der Waals surface area contributed by atoms with Gasteiger partial charge in [-0.2, -0.15) is 0 Å². The van der Waals surface area contributed by atoms with E-state index in [0.717, 1.165) is 21.3 Å². The van der Waals surface area contributed by atoms with Gasteiger partial charge >= 0.3 is 0 Å². The van der Waals surface area contributed by atoms with Crippen LogP contribution in [0.15, 0.2) is 58.4 Å². The molecular formula is C21H21BrN2O2S. The topological polar surface area (TPSA) is 51.2 Å². The molecule has 0 atom stereocenters. The molecule has 140 valence electrons. The van der Waals surface area contributed by atoms with Crippen LogP contribution < -0.4 is 10.1 Å². The molecule has 1 N–H and O–H groups in total. The summed E-state index contributed by atoms with van der Waals surface area (Å²) in [4.78, 5) is 16.7. The molecule has 0 unspecified atom stereocenters. The molecule has 0 aliphatic heterocycles. The van der Waals surface area contributed by atoms with Crippen LogP contribution in [0.4, 0.5) is 5.13 Å². The highest BCUT2D eigenvalue weighted by atomic mass is 79.9. The van der Waals surface area contributed by atoms with E-state index in [9.17, 15) is 4.79 Å². The number of rotatable bonds is 5. The molecule has 1 heterocycles. The van der Waals surface area contributed by atoms with Gasteiger partial charge in [-0.3, -0.25) is 10.1 Å². The maximum atomic E-state index is 12.3. The number of aromatic nitrogens is 1. The highest BCUT2D eigenvalue weighted by molar-refractivity contribution is 9.10. The maximum Gasteiger partial charge on any atom is 0.264 e. The summed E-state index contributed by atoms with van der Waals surface area (Å²) < 4.78 is 6.77. The third-order valence-corrected chi connectivity index (χ3v) is 5.18. The standard InChI is InChI=1S/C21H21BrN2O2S/c1-21(2,3)16-11-15(22)9-10-18(16)26-12-19(25)24-20-23-17(13-27-20)14-7-5-4-6-8-14/h4-11,13H,12H2,1-3H3,(H,23,24,25). The SMILES string of the molecule is CC(C)(C)c1cc(Br)ccc1OCC(=O)Nc1nc(-c2ccccc2)cs1. The first kappa shape index (κ1) is 19.6. The number of anilines is 1. The Hall–Kier alpha value is -2.18. The number of benzene rings is 2. The van der Waals surface area contributed by atoms with Gasteiger partial charge in [0.25, 0.3) is 5.91 Å². The lowest BCUT2D eigenvalue weighted by Gasteiger charge is -2.23. The molecule has 0 bridgehead atoms. The number of carbonyl (C=O) groups is 1. The first-order chi connectivity index (χ1) is 12.8. The zero-order valence-electron chi connectivity index (χ0n) is 15.5. The van der Waals surface area contributed by atoms with Gasteiger partial charge in [0.2, 0.25) is 0 Å². The Morgan fingerprint density at radius 3 is 2.63 bits per heavy atom. The van der Waals surface area contributed by atoms with E-state index in [1.165, 1.54) is 11.3 Å². The normalized spacial score (nSPS) is 11.3. The molecule has 0 spiro atoms. The van der Waals surface area contributed by atoms with E-state index in [1.807, 2.05) is 53.9 Å². The van der Waals surface area contributed by atoms with Crippen LogP contribution in [0.1, 0.15) is 26.3 Å². The average molecular weight is 445 g/mol. The van der Waals surface area contributed by atoms with Gasteiger partial charge in [0, 0.05) is 21.0 Å². The second-order valence-corrected chi connectivity index (χ2v) is 8.91. The molecule has 0 saturated heterocycles. The summed E-state index contributed by atoms with van der Waals surface area (Å²) in [6.07, 6.45) is 0. The van der Waals surface area contributed by atoms with Crippen molar-refractivity contribution in [1.82, 2.24) is 4.98 Å². The van der Waals surface area contributed by atoms with Crippen molar-refractivity contribution < 1.29 is 9.53 Å². The number of nitrogens with zero attached hydrogens (tertiary/aromatic N) is 1. The Kier molecular flexibility index (Phi) is 5.97. The summed E-state index contributed by atoms with van der Waals surface area (Å²) in [5.74, 6) is 0.483. The fraction of sp³-hybridized carbons (Fsp3) is 0.238. The molecule has 2 aromatic carbocycles. The van der Waals surface area contributed by atoms with E-state index < -0.39 is 0 Å². The van der Waals surface area contributed by atoms with Crippen molar-refractivity contribution in [3.05, 3.63) is 63.9 Å². The monoisotopic (exact) mass is 444 g/mol. The molecule has 27 heavy (non-hydrogen) atoms. The van der Waals surface area contributed by atoms with Crippen LogP contribution in [0.5, 0.6) is 5.75 Å². The number of halogens is 1. The Bertz CT molecular complexity index is 933. The Morgan fingerprint density at radius 1 is 1.19 bits per heavy atom. The van der Waals surface area contributed by atoms with Gasteiger partial charge in [-0.15, -0.1) is 11.3 Å². The summed E-state index contributed by atoms with van der Waals surface area (Å²) in [5.41, 5.74) is 2.83. The number of hydrogen-bond donors (Lipinski definition) is 1. The summed E-state index contributed by atoms with van der Waals surface area (Å²) in [6.45, 7) is 6.28. The minimum atomic E-state index is -0.230. The predicted molar refractivity (Wildman–Crippen MR) is 115 cm³/mol. The average Bonchev–Trinajstić information content (AvgIpc) is 3.09. The third-order valence-electron chi connectivity index (χ3n) is 3.93. The highest BCUT2D eigenvalue weighted by Gasteiger charge is 2.20. The zero-order chi connectivity index (χ0) is 19.4. The van der Waals surface area contributed by atoms with Gasteiger partial charge in [0.1, 0.15) is 5.75 Å². The Labute approximate surface area is 171 Å². The van der Waals surface area contributed by atoms with E-state index in [2.05, 4.69) is 47.0 Å². The van der Waals surface area contributed by atoms with Gasteiger partial charge in [0.15, 0.2) is 11.7 Å². The predicted octanol–water partition coefficient (Wildman–Crippen LogP) is 5.89. The molecular weight excluding hydrogens is 424 g/mol. The van der Waals surface area contributed by atoms with Crippen LogP contribution >= 0.6 is 27.3 Å². The molecule has 3 rings (SSSR count). The number of amides is 1. The van der Waals surface area contributed by atoms with Gasteiger partial charge in [0.05, 0.1) is 5.69 Å². The van der Waals surface area contributed by atoms with Gasteiger partial charge in [-0.05, 0) is 23.6 Å². The molecule has 6 heteroatoms. The lowest BCUT2D eigenvalue weighted by molar-refractivity contribution is -0.118. The van der Waals surface area contributed by atoms with Crippen molar-refractivity contribution in [3.8, 4) is 17.0 Å². The number of hydrogen-bond acceptors (Lipinski definition) is 4. The number of nitrogens with one attached hydrogen (secondary N) is 1. The minimum Gasteiger partial charge on any atom is -0.483 e. The van der Waals surface area contributed by atoms with Crippen molar-refractivity contribution in [2.75, 3.05) is 11.9 Å². The maximum absolute atomic E-state index is 12.3. The lowest BCUT2D eigenvalue weighted by Crippen LogP contribution is -2.22. The Balaban J connectivity index is 1.64. The number of ether oxygens (including phenoxy) is 1. The van der Waals surface area contributed by atoms with E-state index in [0.29, 0.717) is 10.9 Å². The van der Waals surface area contributed by atoms with Crippen LogP contribution in [0.2, 0.25) is 0 Å². The molecule has 0 aliphatic rings. The first-order valence-electron chi connectivity index (χ1n) is 8.56. The van der Waals surface area contributed by atoms with Gasteiger partial charge < -0.3 is 4.74 Å². The zero-order valence-corrected chi connectivity index (χ0v) is 17.9. The van der Waals surface area contributed by atoms with Crippen LogP contribution in [0.25, 0.3) is 11.3 Å². The minimum absolute atomic E-state index is 0.0645.